The highest BCUT2D eigenvalue weighted by molar-refractivity contribution is 5.25. The topological polar surface area (TPSA) is 73.4 Å². The van der Waals surface area contributed by atoms with Gasteiger partial charge in [0.15, 0.2) is 0 Å². The lowest BCUT2D eigenvalue weighted by Gasteiger charge is -2.09. The van der Waals surface area contributed by atoms with E-state index in [-0.39, 0.29) is 17.9 Å². The molecule has 0 atom stereocenters. The van der Waals surface area contributed by atoms with Crippen LogP contribution in [0.5, 0.6) is 0 Å². The van der Waals surface area contributed by atoms with Gasteiger partial charge in [0.2, 0.25) is 0 Å². The van der Waals surface area contributed by atoms with Crippen LogP contribution in [0.3, 0.4) is 0 Å². The van der Waals surface area contributed by atoms with Crippen molar-refractivity contribution in [1.82, 2.24) is 9.97 Å². The second kappa shape index (κ2) is 3.97. The van der Waals surface area contributed by atoms with Crippen molar-refractivity contribution in [2.24, 2.45) is 0 Å². The number of nitriles is 2. The highest BCUT2D eigenvalue weighted by Gasteiger charge is 2.27. The van der Waals surface area contributed by atoms with Gasteiger partial charge in [-0.1, -0.05) is 0 Å². The molecule has 0 radical (unpaired) electrons. The molecule has 1 aromatic heterocycles. The summed E-state index contributed by atoms with van der Waals surface area (Å²) >= 11 is 0. The minimum atomic E-state index is -3.14. The Morgan fingerprint density at radius 1 is 1.40 bits per heavy atom. The first kappa shape index (κ1) is 11.0. The van der Waals surface area contributed by atoms with Gasteiger partial charge >= 0.3 is 0 Å². The molecule has 0 fully saturated rings. The van der Waals surface area contributed by atoms with E-state index in [9.17, 15) is 8.78 Å². The molecule has 0 bridgehead atoms. The summed E-state index contributed by atoms with van der Waals surface area (Å²) in [5.41, 5.74) is -0.703. The van der Waals surface area contributed by atoms with Crippen LogP contribution in [0.15, 0.2) is 6.07 Å². The lowest BCUT2D eigenvalue weighted by Crippen LogP contribution is -2.13. The predicted octanol–water partition coefficient (Wildman–Crippen LogP) is 1.53. The Hall–Kier alpha value is -2.08. The van der Waals surface area contributed by atoms with Crippen molar-refractivity contribution in [3.63, 3.8) is 0 Å². The fraction of sp³-hybridized carbons (Fsp3) is 0.333. The summed E-state index contributed by atoms with van der Waals surface area (Å²) in [6.07, 6.45) is -0.196. The molecule has 0 amide bonds. The van der Waals surface area contributed by atoms with Crippen molar-refractivity contribution >= 4 is 0 Å². The number of nitrogens with zero attached hydrogens (tertiary/aromatic N) is 4. The van der Waals surface area contributed by atoms with Crippen molar-refractivity contribution in [2.45, 2.75) is 19.3 Å². The van der Waals surface area contributed by atoms with E-state index in [1.807, 2.05) is 0 Å². The average Bonchev–Trinajstić information content (AvgIpc) is 2.16. The molecule has 0 spiro atoms. The van der Waals surface area contributed by atoms with E-state index in [1.165, 1.54) is 0 Å². The monoisotopic (exact) mass is 208 g/mol. The first-order valence-electron chi connectivity index (χ1n) is 4.00. The first-order valence-corrected chi connectivity index (χ1v) is 4.00. The molecular weight excluding hydrogens is 202 g/mol. The number of alkyl halides is 2. The van der Waals surface area contributed by atoms with Gasteiger partial charge in [0.25, 0.3) is 5.92 Å². The van der Waals surface area contributed by atoms with Crippen LogP contribution in [-0.4, -0.2) is 9.97 Å². The molecule has 1 aromatic rings. The minimum absolute atomic E-state index is 0.0620. The fourth-order valence-corrected chi connectivity index (χ4v) is 0.929. The molecule has 0 unspecified atom stereocenters. The maximum Gasteiger partial charge on any atom is 0.287 e. The number of hydrogen-bond acceptors (Lipinski definition) is 4. The largest absolute Gasteiger partial charge is 0.287 e. The van der Waals surface area contributed by atoms with Gasteiger partial charge in [-0.05, 0) is 0 Å². The van der Waals surface area contributed by atoms with Crippen LogP contribution in [0.25, 0.3) is 0 Å². The summed E-state index contributed by atoms with van der Waals surface area (Å²) in [5.74, 6) is -3.20. The average molecular weight is 208 g/mol. The highest BCUT2D eigenvalue weighted by atomic mass is 19.3. The molecule has 1 rings (SSSR count). The second-order valence-electron chi connectivity index (χ2n) is 2.89. The molecule has 0 aliphatic carbocycles. The van der Waals surface area contributed by atoms with Crippen LogP contribution in [-0.2, 0) is 12.3 Å². The van der Waals surface area contributed by atoms with Crippen LogP contribution in [0, 0.1) is 22.7 Å². The van der Waals surface area contributed by atoms with Crippen molar-refractivity contribution in [3.05, 3.63) is 23.3 Å². The van der Waals surface area contributed by atoms with Gasteiger partial charge in [0, 0.05) is 13.0 Å². The zero-order valence-corrected chi connectivity index (χ0v) is 7.83. The zero-order chi connectivity index (χ0) is 11.5. The summed E-state index contributed by atoms with van der Waals surface area (Å²) in [6.45, 7) is 0.673. The maximum atomic E-state index is 12.9. The smallest absolute Gasteiger partial charge is 0.230 e. The fourth-order valence-electron chi connectivity index (χ4n) is 0.929. The molecule has 0 aromatic carbocycles. The van der Waals surface area contributed by atoms with Crippen LogP contribution < -0.4 is 0 Å². The number of aromatic nitrogens is 2. The molecule has 0 aliphatic rings. The standard InChI is InChI=1S/C9H6F2N4/c1-9(10,11)7-4-6(5-13)14-8(15-7)2-3-12/h4H,2H2,1H3. The molecule has 15 heavy (non-hydrogen) atoms. The summed E-state index contributed by atoms with van der Waals surface area (Å²) in [5, 5.41) is 16.9. The minimum Gasteiger partial charge on any atom is -0.230 e. The third-order valence-electron chi connectivity index (χ3n) is 1.57. The third-order valence-corrected chi connectivity index (χ3v) is 1.57. The Bertz CT molecular complexity index is 451. The lowest BCUT2D eigenvalue weighted by atomic mass is 10.2. The van der Waals surface area contributed by atoms with E-state index in [0.29, 0.717) is 6.92 Å². The van der Waals surface area contributed by atoms with E-state index in [0.717, 1.165) is 6.07 Å². The first-order chi connectivity index (χ1) is 6.97. The summed E-state index contributed by atoms with van der Waals surface area (Å²) in [7, 11) is 0. The van der Waals surface area contributed by atoms with Crippen molar-refractivity contribution < 1.29 is 8.78 Å². The molecule has 76 valence electrons. The van der Waals surface area contributed by atoms with Crippen LogP contribution in [0.4, 0.5) is 8.78 Å². The Labute approximate surface area is 84.8 Å². The Morgan fingerprint density at radius 2 is 2.07 bits per heavy atom. The predicted molar refractivity (Wildman–Crippen MR) is 45.6 cm³/mol. The van der Waals surface area contributed by atoms with Gasteiger partial charge in [0.05, 0.1) is 12.5 Å². The SMILES string of the molecule is CC(F)(F)c1cc(C#N)nc(CC#N)n1. The van der Waals surface area contributed by atoms with Gasteiger partial charge in [0.1, 0.15) is 23.3 Å². The number of hydrogen-bond donors (Lipinski definition) is 0. The number of rotatable bonds is 2. The van der Waals surface area contributed by atoms with Crippen molar-refractivity contribution in [2.75, 3.05) is 0 Å². The van der Waals surface area contributed by atoms with Gasteiger partial charge in [-0.25, -0.2) is 9.97 Å². The lowest BCUT2D eigenvalue weighted by molar-refractivity contribution is 0.0124. The summed E-state index contributed by atoms with van der Waals surface area (Å²) in [6, 6.07) is 4.30. The molecule has 6 heteroatoms. The maximum absolute atomic E-state index is 12.9. The molecular formula is C9H6F2N4. The normalized spacial score (nSPS) is 10.5. The van der Waals surface area contributed by atoms with E-state index < -0.39 is 11.6 Å². The van der Waals surface area contributed by atoms with Crippen molar-refractivity contribution in [1.29, 1.82) is 10.5 Å². The molecule has 0 aliphatic heterocycles. The molecule has 0 saturated heterocycles. The highest BCUT2D eigenvalue weighted by Crippen LogP contribution is 2.25. The van der Waals surface area contributed by atoms with E-state index in [2.05, 4.69) is 9.97 Å². The van der Waals surface area contributed by atoms with Gasteiger partial charge < -0.3 is 0 Å². The molecule has 0 saturated carbocycles. The Kier molecular flexibility index (Phi) is 2.91. The Balaban J connectivity index is 3.26. The summed E-state index contributed by atoms with van der Waals surface area (Å²) in [4.78, 5) is 7.13. The number of halogens is 2. The van der Waals surface area contributed by atoms with Crippen LogP contribution >= 0.6 is 0 Å². The molecule has 4 nitrogen and oxygen atoms in total. The van der Waals surface area contributed by atoms with Crippen LogP contribution in [0.2, 0.25) is 0 Å². The quantitative estimate of drug-likeness (QED) is 0.738. The molecule has 0 N–H and O–H groups in total. The Morgan fingerprint density at radius 3 is 2.53 bits per heavy atom. The van der Waals surface area contributed by atoms with Gasteiger partial charge in [-0.2, -0.15) is 19.3 Å². The van der Waals surface area contributed by atoms with E-state index in [4.69, 9.17) is 10.5 Å². The third kappa shape index (κ3) is 2.68. The summed E-state index contributed by atoms with van der Waals surface area (Å²) < 4.78 is 25.8. The zero-order valence-electron chi connectivity index (χ0n) is 7.83. The molecule has 1 heterocycles. The van der Waals surface area contributed by atoms with E-state index >= 15 is 0 Å². The van der Waals surface area contributed by atoms with Crippen molar-refractivity contribution in [3.8, 4) is 12.1 Å². The van der Waals surface area contributed by atoms with Gasteiger partial charge in [-0.15, -0.1) is 0 Å². The van der Waals surface area contributed by atoms with Gasteiger partial charge in [-0.3, -0.25) is 0 Å². The van der Waals surface area contributed by atoms with E-state index in [1.54, 1.807) is 12.1 Å². The van der Waals surface area contributed by atoms with Crippen LogP contribution in [0.1, 0.15) is 24.1 Å². The second-order valence-corrected chi connectivity index (χ2v) is 2.89.